The van der Waals surface area contributed by atoms with Crippen molar-refractivity contribution in [2.45, 2.75) is 6.61 Å². The van der Waals surface area contributed by atoms with E-state index >= 15 is 0 Å². The molecule has 0 amide bonds. The Balaban J connectivity index is 2.33. The number of nitrogens with zero attached hydrogens (tertiary/aromatic N) is 2. The van der Waals surface area contributed by atoms with Crippen molar-refractivity contribution in [3.63, 3.8) is 0 Å². The zero-order chi connectivity index (χ0) is 9.10. The molecule has 13 heavy (non-hydrogen) atoms. The van der Waals surface area contributed by atoms with E-state index in [1.54, 1.807) is 18.6 Å². The molecule has 4 heteroatoms. The molecule has 0 aliphatic heterocycles. The summed E-state index contributed by atoms with van der Waals surface area (Å²) in [5.41, 5.74) is 1.58. The van der Waals surface area contributed by atoms with Crippen LogP contribution in [0, 0.1) is 0 Å². The molecule has 0 aliphatic rings. The highest BCUT2D eigenvalue weighted by Crippen LogP contribution is 2.10. The average Bonchev–Trinajstić information content (AvgIpc) is 2.71. The molecule has 0 atom stereocenters. The van der Waals surface area contributed by atoms with Gasteiger partial charge in [0.25, 0.3) is 0 Å². The maximum Gasteiger partial charge on any atom is 0.155 e. The first-order valence-electron chi connectivity index (χ1n) is 3.95. The summed E-state index contributed by atoms with van der Waals surface area (Å²) in [6.45, 7) is 0.0193. The van der Waals surface area contributed by atoms with E-state index in [1.807, 2.05) is 12.1 Å². The zero-order valence-corrected chi connectivity index (χ0v) is 6.94. The number of nitrogens with one attached hydrogen (secondary N) is 1. The van der Waals surface area contributed by atoms with Crippen LogP contribution in [0.25, 0.3) is 11.5 Å². The van der Waals surface area contributed by atoms with Gasteiger partial charge in [0, 0.05) is 18.6 Å². The number of aromatic amines is 1. The normalized spacial score (nSPS) is 10.2. The van der Waals surface area contributed by atoms with Gasteiger partial charge >= 0.3 is 0 Å². The number of pyridine rings is 1. The Kier molecular flexibility index (Phi) is 2.06. The van der Waals surface area contributed by atoms with Crippen LogP contribution in [0.3, 0.4) is 0 Å². The van der Waals surface area contributed by atoms with Gasteiger partial charge in [-0.2, -0.15) is 0 Å². The van der Waals surface area contributed by atoms with Crippen LogP contribution < -0.4 is 0 Å². The Morgan fingerprint density at radius 1 is 1.31 bits per heavy atom. The Morgan fingerprint density at radius 3 is 2.77 bits per heavy atom. The van der Waals surface area contributed by atoms with Crippen molar-refractivity contribution >= 4 is 0 Å². The number of hydrogen-bond donors (Lipinski definition) is 2. The topological polar surface area (TPSA) is 61.8 Å². The van der Waals surface area contributed by atoms with E-state index in [0.29, 0.717) is 0 Å². The molecule has 4 nitrogen and oxygen atoms in total. The molecule has 2 rings (SSSR count). The molecule has 2 aromatic rings. The highest BCUT2D eigenvalue weighted by molar-refractivity contribution is 5.48. The largest absolute Gasteiger partial charge is 0.392 e. The number of imidazole rings is 1. The summed E-state index contributed by atoms with van der Waals surface area (Å²) in [5.74, 6) is 0.740. The fourth-order valence-electron chi connectivity index (χ4n) is 1.06. The molecule has 0 saturated heterocycles. The summed E-state index contributed by atoms with van der Waals surface area (Å²) < 4.78 is 0. The highest BCUT2D eigenvalue weighted by Gasteiger charge is 1.99. The van der Waals surface area contributed by atoms with Gasteiger partial charge in [0.15, 0.2) is 5.82 Å². The third-order valence-electron chi connectivity index (χ3n) is 1.75. The molecule has 0 saturated carbocycles. The Labute approximate surface area is 75.3 Å². The lowest BCUT2D eigenvalue weighted by Crippen LogP contribution is -1.88. The van der Waals surface area contributed by atoms with Crippen LogP contribution in [0.5, 0.6) is 0 Å². The lowest BCUT2D eigenvalue weighted by atomic mass is 10.2. The zero-order valence-electron chi connectivity index (χ0n) is 6.94. The van der Waals surface area contributed by atoms with E-state index in [1.165, 1.54) is 0 Å². The lowest BCUT2D eigenvalue weighted by molar-refractivity contribution is 0.281. The van der Waals surface area contributed by atoms with Crippen molar-refractivity contribution in [2.75, 3.05) is 0 Å². The predicted molar refractivity (Wildman–Crippen MR) is 47.7 cm³/mol. The molecule has 2 N–H and O–H groups in total. The van der Waals surface area contributed by atoms with Crippen LogP contribution in [0.15, 0.2) is 30.7 Å². The minimum Gasteiger partial charge on any atom is -0.392 e. The molecule has 0 bridgehead atoms. The fraction of sp³-hybridized carbons (Fsp3) is 0.111. The van der Waals surface area contributed by atoms with Crippen molar-refractivity contribution in [3.05, 3.63) is 36.3 Å². The summed E-state index contributed by atoms with van der Waals surface area (Å²) >= 11 is 0. The number of aliphatic hydroxyl groups is 1. The summed E-state index contributed by atoms with van der Waals surface area (Å²) in [7, 11) is 0. The molecule has 0 aromatic carbocycles. The number of H-pyrrole nitrogens is 1. The van der Waals surface area contributed by atoms with Crippen LogP contribution in [-0.2, 0) is 6.61 Å². The molecule has 2 heterocycles. The number of hydrogen-bond acceptors (Lipinski definition) is 3. The number of rotatable bonds is 2. The number of aliphatic hydroxyl groups excluding tert-OH is 1. The summed E-state index contributed by atoms with van der Waals surface area (Å²) in [6, 6.07) is 3.65. The summed E-state index contributed by atoms with van der Waals surface area (Å²) in [6.07, 6.45) is 5.06. The van der Waals surface area contributed by atoms with E-state index in [0.717, 1.165) is 17.1 Å². The average molecular weight is 175 g/mol. The molecule has 2 aromatic heterocycles. The molecule has 0 radical (unpaired) electrons. The minimum atomic E-state index is 0.0193. The standard InChI is InChI=1S/C9H9N3O/c13-6-7-1-2-8(12-5-7)9-10-3-4-11-9/h1-5,13H,6H2,(H,10,11). The van der Waals surface area contributed by atoms with Gasteiger partial charge in [-0.3, -0.25) is 4.98 Å². The quantitative estimate of drug-likeness (QED) is 0.714. The van der Waals surface area contributed by atoms with Crippen LogP contribution in [0.2, 0.25) is 0 Å². The Hall–Kier alpha value is -1.68. The molecular weight excluding hydrogens is 166 g/mol. The van der Waals surface area contributed by atoms with Crippen molar-refractivity contribution in [3.8, 4) is 11.5 Å². The van der Waals surface area contributed by atoms with Gasteiger partial charge in [0.1, 0.15) is 5.69 Å². The van der Waals surface area contributed by atoms with E-state index < -0.39 is 0 Å². The molecule has 0 aliphatic carbocycles. The predicted octanol–water partition coefficient (Wildman–Crippen LogP) is 0.964. The molecule has 0 unspecified atom stereocenters. The van der Waals surface area contributed by atoms with Gasteiger partial charge in [0.05, 0.1) is 6.61 Å². The van der Waals surface area contributed by atoms with E-state index in [4.69, 9.17) is 5.11 Å². The van der Waals surface area contributed by atoms with Crippen molar-refractivity contribution in [1.82, 2.24) is 15.0 Å². The Bertz CT molecular complexity index is 366. The molecule has 66 valence electrons. The minimum absolute atomic E-state index is 0.0193. The van der Waals surface area contributed by atoms with E-state index in [9.17, 15) is 0 Å². The second kappa shape index (κ2) is 3.37. The van der Waals surface area contributed by atoms with Crippen LogP contribution in [0.1, 0.15) is 5.56 Å². The van der Waals surface area contributed by atoms with Crippen LogP contribution in [0.4, 0.5) is 0 Å². The van der Waals surface area contributed by atoms with Gasteiger partial charge in [-0.1, -0.05) is 6.07 Å². The first kappa shape index (κ1) is 7.94. The second-order valence-electron chi connectivity index (χ2n) is 2.65. The molecule has 0 fully saturated rings. The first-order chi connectivity index (χ1) is 6.40. The summed E-state index contributed by atoms with van der Waals surface area (Å²) in [5, 5.41) is 8.80. The smallest absolute Gasteiger partial charge is 0.155 e. The second-order valence-corrected chi connectivity index (χ2v) is 2.65. The van der Waals surface area contributed by atoms with Crippen molar-refractivity contribution < 1.29 is 5.11 Å². The highest BCUT2D eigenvalue weighted by atomic mass is 16.3. The van der Waals surface area contributed by atoms with Crippen molar-refractivity contribution in [1.29, 1.82) is 0 Å². The van der Waals surface area contributed by atoms with Gasteiger partial charge in [-0.25, -0.2) is 4.98 Å². The molecular formula is C9H9N3O. The van der Waals surface area contributed by atoms with Gasteiger partial charge in [-0.05, 0) is 11.6 Å². The van der Waals surface area contributed by atoms with Gasteiger partial charge in [0.2, 0.25) is 0 Å². The van der Waals surface area contributed by atoms with Crippen LogP contribution >= 0.6 is 0 Å². The Morgan fingerprint density at radius 2 is 2.23 bits per heavy atom. The first-order valence-corrected chi connectivity index (χ1v) is 3.95. The maximum absolute atomic E-state index is 8.80. The molecule has 0 spiro atoms. The van der Waals surface area contributed by atoms with E-state index in [-0.39, 0.29) is 6.61 Å². The van der Waals surface area contributed by atoms with E-state index in [2.05, 4.69) is 15.0 Å². The fourth-order valence-corrected chi connectivity index (χ4v) is 1.06. The maximum atomic E-state index is 8.80. The number of aromatic nitrogens is 3. The van der Waals surface area contributed by atoms with Crippen LogP contribution in [-0.4, -0.2) is 20.1 Å². The monoisotopic (exact) mass is 175 g/mol. The SMILES string of the molecule is OCc1ccc(-c2ncc[nH]2)nc1. The van der Waals surface area contributed by atoms with Gasteiger partial charge in [-0.15, -0.1) is 0 Å². The van der Waals surface area contributed by atoms with Gasteiger partial charge < -0.3 is 10.1 Å². The third-order valence-corrected chi connectivity index (χ3v) is 1.75. The summed E-state index contributed by atoms with van der Waals surface area (Å²) in [4.78, 5) is 11.2. The lowest BCUT2D eigenvalue weighted by Gasteiger charge is -1.97. The third kappa shape index (κ3) is 1.57. The van der Waals surface area contributed by atoms with Crippen molar-refractivity contribution in [2.24, 2.45) is 0 Å².